The number of nitrogens with one attached hydrogen (secondary N) is 2. The van der Waals surface area contributed by atoms with Crippen LogP contribution in [-0.4, -0.2) is 36.8 Å². The number of rotatable bonds is 6. The quantitative estimate of drug-likeness (QED) is 0.513. The maximum absolute atomic E-state index is 14.6. The molecule has 1 saturated heterocycles. The number of aliphatic hydroxyl groups excluding tert-OH is 1. The smallest absolute Gasteiger partial charge is 0.191 e. The van der Waals surface area contributed by atoms with Gasteiger partial charge in [0.15, 0.2) is 5.96 Å². The number of piperidine rings is 1. The summed E-state index contributed by atoms with van der Waals surface area (Å²) in [5.74, 6) is 0.0882. The highest BCUT2D eigenvalue weighted by molar-refractivity contribution is 5.79. The number of benzene rings is 2. The molecule has 0 spiro atoms. The van der Waals surface area contributed by atoms with Crippen LogP contribution in [0.5, 0.6) is 0 Å². The largest absolute Gasteiger partial charge is 0.393 e. The van der Waals surface area contributed by atoms with Gasteiger partial charge in [0.1, 0.15) is 11.6 Å². The Morgan fingerprint density at radius 1 is 1.07 bits per heavy atom. The van der Waals surface area contributed by atoms with Gasteiger partial charge in [-0.3, -0.25) is 0 Å². The SMILES string of the molecule is CCNC(=NCc1ccc(N2CCC(O)CC2)c(F)c1)NCc1ccc(F)cc1. The highest BCUT2D eigenvalue weighted by Gasteiger charge is 2.19. The van der Waals surface area contributed by atoms with Crippen LogP contribution in [0.25, 0.3) is 0 Å². The number of guanidine groups is 1. The van der Waals surface area contributed by atoms with Gasteiger partial charge in [0.05, 0.1) is 18.3 Å². The van der Waals surface area contributed by atoms with Gasteiger partial charge in [-0.05, 0) is 55.2 Å². The van der Waals surface area contributed by atoms with E-state index in [9.17, 15) is 13.9 Å². The molecule has 2 aromatic carbocycles. The Labute approximate surface area is 170 Å². The molecule has 7 heteroatoms. The first-order valence-electron chi connectivity index (χ1n) is 10.0. The molecule has 1 heterocycles. The summed E-state index contributed by atoms with van der Waals surface area (Å²) in [6.45, 7) is 4.85. The predicted molar refractivity (Wildman–Crippen MR) is 112 cm³/mol. The van der Waals surface area contributed by atoms with Crippen molar-refractivity contribution in [3.63, 3.8) is 0 Å². The number of aliphatic hydroxyl groups is 1. The van der Waals surface area contributed by atoms with E-state index in [1.807, 2.05) is 17.9 Å². The summed E-state index contributed by atoms with van der Waals surface area (Å²) < 4.78 is 27.6. The number of anilines is 1. The van der Waals surface area contributed by atoms with Crippen LogP contribution < -0.4 is 15.5 Å². The van der Waals surface area contributed by atoms with Gasteiger partial charge in [-0.25, -0.2) is 13.8 Å². The minimum atomic E-state index is -0.283. The molecule has 0 aromatic heterocycles. The van der Waals surface area contributed by atoms with Crippen LogP contribution >= 0.6 is 0 Å². The van der Waals surface area contributed by atoms with Crippen molar-refractivity contribution in [2.45, 2.75) is 39.0 Å². The summed E-state index contributed by atoms with van der Waals surface area (Å²) in [4.78, 5) is 6.49. The Balaban J connectivity index is 1.61. The van der Waals surface area contributed by atoms with Crippen molar-refractivity contribution in [3.05, 3.63) is 65.2 Å². The first-order valence-corrected chi connectivity index (χ1v) is 10.0. The van der Waals surface area contributed by atoms with Crippen molar-refractivity contribution < 1.29 is 13.9 Å². The van der Waals surface area contributed by atoms with E-state index in [0.29, 0.717) is 57.2 Å². The third-order valence-corrected chi connectivity index (χ3v) is 4.95. The monoisotopic (exact) mass is 402 g/mol. The molecule has 0 amide bonds. The van der Waals surface area contributed by atoms with E-state index < -0.39 is 0 Å². The molecule has 0 aliphatic carbocycles. The normalized spacial score (nSPS) is 15.4. The van der Waals surface area contributed by atoms with E-state index in [2.05, 4.69) is 15.6 Å². The molecule has 0 saturated carbocycles. The summed E-state index contributed by atoms with van der Waals surface area (Å²) >= 11 is 0. The fraction of sp³-hybridized carbons (Fsp3) is 0.409. The van der Waals surface area contributed by atoms with Crippen LogP contribution in [0, 0.1) is 11.6 Å². The molecule has 0 atom stereocenters. The standard InChI is InChI=1S/C22H28F2N4O/c1-2-25-22(26-14-16-3-6-18(23)7-4-16)27-15-17-5-8-21(20(24)13-17)28-11-9-19(29)10-12-28/h3-8,13,19,29H,2,9-12,14-15H2,1H3,(H2,25,26,27). The van der Waals surface area contributed by atoms with Gasteiger partial charge in [-0.15, -0.1) is 0 Å². The van der Waals surface area contributed by atoms with E-state index in [0.717, 1.165) is 11.1 Å². The van der Waals surface area contributed by atoms with Gasteiger partial charge in [0.25, 0.3) is 0 Å². The zero-order valence-electron chi connectivity index (χ0n) is 16.7. The Kier molecular flexibility index (Phi) is 7.41. The lowest BCUT2D eigenvalue weighted by atomic mass is 10.1. The van der Waals surface area contributed by atoms with Crippen LogP contribution in [0.3, 0.4) is 0 Å². The lowest BCUT2D eigenvalue weighted by Gasteiger charge is -2.31. The number of nitrogens with zero attached hydrogens (tertiary/aromatic N) is 2. The molecule has 0 radical (unpaired) electrons. The number of aliphatic imine (C=N–C) groups is 1. The van der Waals surface area contributed by atoms with Crippen molar-refractivity contribution in [2.75, 3.05) is 24.5 Å². The van der Waals surface area contributed by atoms with Crippen molar-refractivity contribution >= 4 is 11.6 Å². The molecular weight excluding hydrogens is 374 g/mol. The second-order valence-corrected chi connectivity index (χ2v) is 7.18. The molecule has 1 aliphatic rings. The third kappa shape index (κ3) is 6.15. The van der Waals surface area contributed by atoms with E-state index in [4.69, 9.17) is 0 Å². The van der Waals surface area contributed by atoms with E-state index >= 15 is 0 Å². The fourth-order valence-electron chi connectivity index (χ4n) is 3.31. The van der Waals surface area contributed by atoms with Gasteiger partial charge in [-0.1, -0.05) is 18.2 Å². The Morgan fingerprint density at radius 3 is 2.41 bits per heavy atom. The summed E-state index contributed by atoms with van der Waals surface area (Å²) in [5, 5.41) is 16.0. The lowest BCUT2D eigenvalue weighted by molar-refractivity contribution is 0.145. The van der Waals surface area contributed by atoms with Crippen molar-refractivity contribution in [1.82, 2.24) is 10.6 Å². The summed E-state index contributed by atoms with van der Waals surface area (Å²) in [5.41, 5.74) is 2.30. The predicted octanol–water partition coefficient (Wildman–Crippen LogP) is 3.18. The summed E-state index contributed by atoms with van der Waals surface area (Å²) in [6.07, 6.45) is 1.05. The van der Waals surface area contributed by atoms with E-state index in [1.54, 1.807) is 18.2 Å². The molecule has 1 aliphatic heterocycles. The third-order valence-electron chi connectivity index (χ3n) is 4.95. The highest BCUT2D eigenvalue weighted by atomic mass is 19.1. The molecule has 156 valence electrons. The second kappa shape index (κ2) is 10.2. The molecule has 0 unspecified atom stereocenters. The fourth-order valence-corrected chi connectivity index (χ4v) is 3.31. The van der Waals surface area contributed by atoms with Crippen LogP contribution in [-0.2, 0) is 13.1 Å². The maximum atomic E-state index is 14.6. The van der Waals surface area contributed by atoms with Crippen LogP contribution in [0.2, 0.25) is 0 Å². The highest BCUT2D eigenvalue weighted by Crippen LogP contribution is 2.24. The number of hydrogen-bond donors (Lipinski definition) is 3. The van der Waals surface area contributed by atoms with Gasteiger partial charge in [0, 0.05) is 26.2 Å². The summed E-state index contributed by atoms with van der Waals surface area (Å²) in [7, 11) is 0. The zero-order chi connectivity index (χ0) is 20.6. The van der Waals surface area contributed by atoms with Gasteiger partial charge in [-0.2, -0.15) is 0 Å². The van der Waals surface area contributed by atoms with Crippen LogP contribution in [0.4, 0.5) is 14.5 Å². The van der Waals surface area contributed by atoms with Crippen molar-refractivity contribution in [2.24, 2.45) is 4.99 Å². The van der Waals surface area contributed by atoms with Crippen molar-refractivity contribution in [1.29, 1.82) is 0 Å². The van der Waals surface area contributed by atoms with Crippen LogP contribution in [0.1, 0.15) is 30.9 Å². The zero-order valence-corrected chi connectivity index (χ0v) is 16.7. The Bertz CT molecular complexity index is 818. The summed E-state index contributed by atoms with van der Waals surface area (Å²) in [6, 6.07) is 11.5. The molecule has 2 aromatic rings. The molecule has 0 bridgehead atoms. The van der Waals surface area contributed by atoms with Crippen molar-refractivity contribution in [3.8, 4) is 0 Å². The molecule has 29 heavy (non-hydrogen) atoms. The first kappa shape index (κ1) is 21.0. The Morgan fingerprint density at radius 2 is 1.76 bits per heavy atom. The minimum Gasteiger partial charge on any atom is -0.393 e. The topological polar surface area (TPSA) is 59.9 Å². The number of hydrogen-bond acceptors (Lipinski definition) is 3. The van der Waals surface area contributed by atoms with Gasteiger partial charge < -0.3 is 20.6 Å². The van der Waals surface area contributed by atoms with Gasteiger partial charge >= 0.3 is 0 Å². The maximum Gasteiger partial charge on any atom is 0.191 e. The number of halogens is 2. The molecular formula is C22H28F2N4O. The molecule has 3 N–H and O–H groups in total. The average Bonchev–Trinajstić information content (AvgIpc) is 2.72. The second-order valence-electron chi connectivity index (χ2n) is 7.18. The van der Waals surface area contributed by atoms with E-state index in [1.165, 1.54) is 18.2 Å². The molecule has 1 fully saturated rings. The molecule has 5 nitrogen and oxygen atoms in total. The van der Waals surface area contributed by atoms with Gasteiger partial charge in [0.2, 0.25) is 0 Å². The van der Waals surface area contributed by atoms with E-state index in [-0.39, 0.29) is 17.7 Å². The first-order chi connectivity index (χ1) is 14.0. The molecule has 3 rings (SSSR count). The lowest BCUT2D eigenvalue weighted by Crippen LogP contribution is -2.36. The average molecular weight is 402 g/mol. The minimum absolute atomic E-state index is 0.263. The Hall–Kier alpha value is -2.67. The van der Waals surface area contributed by atoms with Crippen LogP contribution in [0.15, 0.2) is 47.5 Å².